The number of nitrogens with one attached hydrogen (secondary N) is 1. The quantitative estimate of drug-likeness (QED) is 0.738. The summed E-state index contributed by atoms with van der Waals surface area (Å²) in [7, 11) is 0. The van der Waals surface area contributed by atoms with Gasteiger partial charge in [0.2, 0.25) is 0 Å². The van der Waals surface area contributed by atoms with Crippen molar-refractivity contribution in [3.8, 4) is 0 Å². The highest BCUT2D eigenvalue weighted by Gasteiger charge is 2.21. The number of carbonyl (C=O) groups excluding carboxylic acids is 1. The second-order valence-electron chi connectivity index (χ2n) is 7.10. The van der Waals surface area contributed by atoms with E-state index < -0.39 is 5.91 Å². The fraction of sp³-hybridized carbons (Fsp3) is 0.381. The normalized spacial score (nSPS) is 16.6. The zero-order valence-corrected chi connectivity index (χ0v) is 16.1. The Labute approximate surface area is 162 Å². The Morgan fingerprint density at radius 2 is 2.14 bits per heavy atom. The molecule has 1 saturated heterocycles. The van der Waals surface area contributed by atoms with E-state index in [0.29, 0.717) is 24.5 Å². The predicted molar refractivity (Wildman–Crippen MR) is 108 cm³/mol. The van der Waals surface area contributed by atoms with Crippen molar-refractivity contribution >= 4 is 22.6 Å². The molecule has 2 aromatic heterocycles. The monoisotopic (exact) mass is 380 g/mol. The minimum atomic E-state index is -0.435. The van der Waals surface area contributed by atoms with Crippen LogP contribution in [0, 0.1) is 6.92 Å². The summed E-state index contributed by atoms with van der Waals surface area (Å²) in [5.41, 5.74) is 1.44. The van der Waals surface area contributed by atoms with E-state index in [2.05, 4.69) is 10.4 Å². The zero-order valence-electron chi connectivity index (χ0n) is 16.1. The fourth-order valence-electron chi connectivity index (χ4n) is 3.72. The van der Waals surface area contributed by atoms with Gasteiger partial charge in [-0.1, -0.05) is 12.1 Å². The van der Waals surface area contributed by atoms with Gasteiger partial charge in [0, 0.05) is 24.7 Å². The van der Waals surface area contributed by atoms with Crippen LogP contribution in [0.4, 0.5) is 5.82 Å². The molecule has 1 amide bonds. The number of ether oxygens (including phenoxy) is 1. The third-order valence-corrected chi connectivity index (χ3v) is 5.21. The van der Waals surface area contributed by atoms with Gasteiger partial charge in [-0.3, -0.25) is 14.3 Å². The summed E-state index contributed by atoms with van der Waals surface area (Å²) < 4.78 is 9.03. The van der Waals surface area contributed by atoms with Crippen molar-refractivity contribution in [2.24, 2.45) is 0 Å². The van der Waals surface area contributed by atoms with E-state index >= 15 is 0 Å². The van der Waals surface area contributed by atoms with E-state index in [-0.39, 0.29) is 17.2 Å². The van der Waals surface area contributed by atoms with E-state index in [4.69, 9.17) is 4.74 Å². The number of aromatic nitrogens is 3. The molecule has 0 spiro atoms. The van der Waals surface area contributed by atoms with Crippen molar-refractivity contribution < 1.29 is 9.53 Å². The molecule has 146 valence electrons. The maximum absolute atomic E-state index is 13.0. The molecule has 3 heterocycles. The number of hydrogen-bond acceptors (Lipinski definition) is 4. The van der Waals surface area contributed by atoms with Crippen molar-refractivity contribution in [3.05, 3.63) is 58.0 Å². The Morgan fingerprint density at radius 1 is 1.32 bits per heavy atom. The van der Waals surface area contributed by atoms with Crippen LogP contribution in [0.1, 0.15) is 35.7 Å². The lowest BCUT2D eigenvalue weighted by Gasteiger charge is -2.14. The Balaban J connectivity index is 1.66. The predicted octanol–water partition coefficient (Wildman–Crippen LogP) is 2.96. The van der Waals surface area contributed by atoms with Gasteiger partial charge in [0.1, 0.15) is 5.56 Å². The standard InChI is InChI=1S/C21H24N4O3/c1-3-25-17-9-5-4-8-16(17)19(23-25)22-20(26)18-14(2)10-11-24(21(18)27)13-15-7-6-12-28-15/h4-5,8-11,15H,3,6-7,12-13H2,1-2H3,(H,22,23,26). The fourth-order valence-corrected chi connectivity index (χ4v) is 3.72. The smallest absolute Gasteiger partial charge is 0.263 e. The number of carbonyl (C=O) groups is 1. The van der Waals surface area contributed by atoms with E-state index in [0.717, 1.165) is 30.4 Å². The molecule has 7 heteroatoms. The molecule has 1 atom stereocenters. The van der Waals surface area contributed by atoms with Gasteiger partial charge in [0.15, 0.2) is 5.82 Å². The van der Waals surface area contributed by atoms with Crippen LogP contribution >= 0.6 is 0 Å². The van der Waals surface area contributed by atoms with Crippen LogP contribution in [0.3, 0.4) is 0 Å². The molecule has 1 fully saturated rings. The molecule has 1 N–H and O–H groups in total. The molecule has 1 aliphatic rings. The maximum Gasteiger partial charge on any atom is 0.263 e. The lowest BCUT2D eigenvalue weighted by Crippen LogP contribution is -2.33. The first-order valence-electron chi connectivity index (χ1n) is 9.67. The zero-order chi connectivity index (χ0) is 19.7. The number of rotatable bonds is 5. The number of nitrogens with zero attached hydrogens (tertiary/aromatic N) is 3. The third-order valence-electron chi connectivity index (χ3n) is 5.21. The molecular weight excluding hydrogens is 356 g/mol. The average molecular weight is 380 g/mol. The van der Waals surface area contributed by atoms with Crippen LogP contribution in [-0.4, -0.2) is 33.0 Å². The molecule has 1 aliphatic heterocycles. The van der Waals surface area contributed by atoms with E-state index in [9.17, 15) is 9.59 Å². The largest absolute Gasteiger partial charge is 0.376 e. The summed E-state index contributed by atoms with van der Waals surface area (Å²) in [4.78, 5) is 25.9. The summed E-state index contributed by atoms with van der Waals surface area (Å²) in [5, 5.41) is 8.19. The van der Waals surface area contributed by atoms with Crippen LogP contribution in [-0.2, 0) is 17.8 Å². The van der Waals surface area contributed by atoms with Gasteiger partial charge in [-0.05, 0) is 50.5 Å². The molecule has 3 aromatic rings. The highest BCUT2D eigenvalue weighted by atomic mass is 16.5. The lowest BCUT2D eigenvalue weighted by atomic mass is 10.1. The van der Waals surface area contributed by atoms with Gasteiger partial charge in [0.05, 0.1) is 18.2 Å². The minimum absolute atomic E-state index is 0.0283. The van der Waals surface area contributed by atoms with Gasteiger partial charge in [-0.2, -0.15) is 5.10 Å². The van der Waals surface area contributed by atoms with Crippen molar-refractivity contribution in [1.29, 1.82) is 0 Å². The molecule has 7 nitrogen and oxygen atoms in total. The Hall–Kier alpha value is -2.93. The topological polar surface area (TPSA) is 78.2 Å². The van der Waals surface area contributed by atoms with E-state index in [1.807, 2.05) is 35.9 Å². The summed E-state index contributed by atoms with van der Waals surface area (Å²) in [5.74, 6) is 0.0338. The molecule has 0 saturated carbocycles. The highest BCUT2D eigenvalue weighted by Crippen LogP contribution is 2.23. The molecule has 0 aliphatic carbocycles. The first-order valence-corrected chi connectivity index (χ1v) is 9.67. The highest BCUT2D eigenvalue weighted by molar-refractivity contribution is 6.08. The van der Waals surface area contributed by atoms with Crippen LogP contribution < -0.4 is 10.9 Å². The first kappa shape index (κ1) is 18.4. The maximum atomic E-state index is 13.0. The van der Waals surface area contributed by atoms with E-state index in [1.54, 1.807) is 23.8 Å². The van der Waals surface area contributed by atoms with Gasteiger partial charge >= 0.3 is 0 Å². The SMILES string of the molecule is CCn1nc(NC(=O)c2c(C)ccn(CC3CCCO3)c2=O)c2ccccc21. The molecule has 0 radical (unpaired) electrons. The Morgan fingerprint density at radius 3 is 2.89 bits per heavy atom. The van der Waals surface area contributed by atoms with Gasteiger partial charge < -0.3 is 14.6 Å². The summed E-state index contributed by atoms with van der Waals surface area (Å²) in [6.45, 7) is 5.65. The summed E-state index contributed by atoms with van der Waals surface area (Å²) in [6, 6.07) is 9.52. The minimum Gasteiger partial charge on any atom is -0.376 e. The second-order valence-corrected chi connectivity index (χ2v) is 7.10. The number of amides is 1. The number of benzene rings is 1. The molecule has 1 aromatic carbocycles. The Kier molecular flexibility index (Phi) is 5.00. The van der Waals surface area contributed by atoms with Crippen molar-refractivity contribution in [1.82, 2.24) is 14.3 Å². The number of hydrogen-bond donors (Lipinski definition) is 1. The van der Waals surface area contributed by atoms with Crippen LogP contribution in [0.15, 0.2) is 41.3 Å². The van der Waals surface area contributed by atoms with Gasteiger partial charge in [0.25, 0.3) is 11.5 Å². The van der Waals surface area contributed by atoms with Crippen LogP contribution in [0.2, 0.25) is 0 Å². The summed E-state index contributed by atoms with van der Waals surface area (Å²) in [6.07, 6.45) is 3.70. The van der Waals surface area contributed by atoms with E-state index in [1.165, 1.54) is 0 Å². The molecule has 28 heavy (non-hydrogen) atoms. The van der Waals surface area contributed by atoms with Crippen molar-refractivity contribution in [2.75, 3.05) is 11.9 Å². The summed E-state index contributed by atoms with van der Waals surface area (Å²) >= 11 is 0. The van der Waals surface area contributed by atoms with Crippen LogP contribution in [0.25, 0.3) is 10.9 Å². The van der Waals surface area contributed by atoms with Crippen molar-refractivity contribution in [2.45, 2.75) is 45.9 Å². The first-order chi connectivity index (χ1) is 13.6. The Bertz CT molecular complexity index is 1080. The number of aryl methyl sites for hydroxylation is 2. The van der Waals surface area contributed by atoms with Crippen LogP contribution in [0.5, 0.6) is 0 Å². The number of pyridine rings is 1. The van der Waals surface area contributed by atoms with Crippen molar-refractivity contribution in [3.63, 3.8) is 0 Å². The lowest BCUT2D eigenvalue weighted by molar-refractivity contribution is 0.0952. The van der Waals surface area contributed by atoms with Gasteiger partial charge in [-0.25, -0.2) is 0 Å². The molecule has 0 bridgehead atoms. The third kappa shape index (κ3) is 3.33. The van der Waals surface area contributed by atoms with Gasteiger partial charge in [-0.15, -0.1) is 0 Å². The second kappa shape index (κ2) is 7.59. The number of fused-ring (bicyclic) bond motifs is 1. The molecule has 4 rings (SSSR count). The average Bonchev–Trinajstić information content (AvgIpc) is 3.32. The molecule has 1 unspecified atom stereocenters. The molecular formula is C21H24N4O3. The number of para-hydroxylation sites is 1. The number of anilines is 1.